The van der Waals surface area contributed by atoms with E-state index in [0.717, 1.165) is 24.6 Å². The maximum absolute atomic E-state index is 12.6. The molecule has 0 saturated heterocycles. The Hall–Kier alpha value is -1.51. The van der Waals surface area contributed by atoms with Crippen LogP contribution in [0.4, 0.5) is 8.78 Å². The second-order valence-electron chi connectivity index (χ2n) is 4.81. The first kappa shape index (κ1) is 22.8. The highest BCUT2D eigenvalue weighted by molar-refractivity contribution is 5.92. The number of benzene rings is 1. The van der Waals surface area contributed by atoms with Crippen LogP contribution in [0.25, 0.3) is 0 Å². The molecule has 0 fully saturated rings. The Kier molecular flexibility index (Phi) is 13.6. The summed E-state index contributed by atoms with van der Waals surface area (Å²) < 4.78 is 25.2. The van der Waals surface area contributed by atoms with E-state index in [9.17, 15) is 8.78 Å². The minimum atomic E-state index is -2.71. The molecule has 0 unspecified atom stereocenters. The second kappa shape index (κ2) is 13.2. The van der Waals surface area contributed by atoms with Crippen LogP contribution in [0, 0.1) is 6.92 Å². The molecule has 0 heterocycles. The Morgan fingerprint density at radius 3 is 2.05 bits per heavy atom. The Balaban J connectivity index is 0. The normalized spacial score (nSPS) is 11.4. The minimum Gasteiger partial charge on any atom is -0.293 e. The van der Waals surface area contributed by atoms with Crippen LogP contribution in [0.15, 0.2) is 41.4 Å². The third kappa shape index (κ3) is 12.2. The zero-order chi connectivity index (χ0) is 17.6. The molecule has 0 aliphatic heterocycles. The third-order valence-corrected chi connectivity index (χ3v) is 2.73. The molecule has 1 rings (SSSR count). The van der Waals surface area contributed by atoms with Crippen LogP contribution in [0.3, 0.4) is 0 Å². The van der Waals surface area contributed by atoms with Gasteiger partial charge in [-0.2, -0.15) is 0 Å². The SMILES string of the molecule is CC.CCC/C=C\C(C)=NC.Cc1ccc(C(C)(F)F)cc1. The lowest BCUT2D eigenvalue weighted by Gasteiger charge is -2.09. The van der Waals surface area contributed by atoms with Crippen molar-refractivity contribution in [2.75, 3.05) is 7.05 Å². The monoisotopic (exact) mass is 311 g/mol. The highest BCUT2D eigenvalue weighted by Gasteiger charge is 2.23. The fourth-order valence-electron chi connectivity index (χ4n) is 1.34. The lowest BCUT2D eigenvalue weighted by molar-refractivity contribution is 0.0174. The van der Waals surface area contributed by atoms with E-state index in [1.54, 1.807) is 12.1 Å². The Morgan fingerprint density at radius 1 is 1.18 bits per heavy atom. The number of hydrogen-bond acceptors (Lipinski definition) is 1. The Morgan fingerprint density at radius 2 is 1.68 bits per heavy atom. The van der Waals surface area contributed by atoms with E-state index in [1.165, 1.54) is 18.6 Å². The summed E-state index contributed by atoms with van der Waals surface area (Å²) in [5.74, 6) is -2.71. The molecule has 0 atom stereocenters. The van der Waals surface area contributed by atoms with Gasteiger partial charge in [0.1, 0.15) is 0 Å². The molecular formula is C19H31F2N. The quantitative estimate of drug-likeness (QED) is 0.558. The van der Waals surface area contributed by atoms with E-state index in [2.05, 4.69) is 24.1 Å². The summed E-state index contributed by atoms with van der Waals surface area (Å²) in [6, 6.07) is 6.28. The molecule has 0 amide bonds. The van der Waals surface area contributed by atoms with Crippen LogP contribution in [0.5, 0.6) is 0 Å². The molecule has 0 aliphatic rings. The van der Waals surface area contributed by atoms with Crippen LogP contribution in [-0.2, 0) is 5.92 Å². The average molecular weight is 311 g/mol. The highest BCUT2D eigenvalue weighted by atomic mass is 19.3. The van der Waals surface area contributed by atoms with E-state index in [1.807, 2.05) is 34.7 Å². The van der Waals surface area contributed by atoms with Crippen LogP contribution in [-0.4, -0.2) is 12.8 Å². The number of aliphatic imine (C=N–C) groups is 1. The van der Waals surface area contributed by atoms with Crippen molar-refractivity contribution in [2.24, 2.45) is 4.99 Å². The van der Waals surface area contributed by atoms with Gasteiger partial charge in [0.15, 0.2) is 0 Å². The Labute approximate surface area is 135 Å². The summed E-state index contributed by atoms with van der Waals surface area (Å²) >= 11 is 0. The molecule has 0 radical (unpaired) electrons. The van der Waals surface area contributed by atoms with Gasteiger partial charge in [-0.25, -0.2) is 8.78 Å². The predicted molar refractivity (Wildman–Crippen MR) is 95.2 cm³/mol. The fraction of sp³-hybridized carbons (Fsp3) is 0.526. The van der Waals surface area contributed by atoms with Gasteiger partial charge in [0.05, 0.1) is 0 Å². The van der Waals surface area contributed by atoms with Crippen molar-refractivity contribution >= 4 is 5.71 Å². The van der Waals surface area contributed by atoms with Crippen molar-refractivity contribution in [2.45, 2.75) is 60.3 Å². The van der Waals surface area contributed by atoms with Gasteiger partial charge in [-0.1, -0.05) is 63.1 Å². The maximum atomic E-state index is 12.6. The van der Waals surface area contributed by atoms with Gasteiger partial charge in [0, 0.05) is 25.2 Å². The first-order valence-corrected chi connectivity index (χ1v) is 7.86. The second-order valence-corrected chi connectivity index (χ2v) is 4.81. The highest BCUT2D eigenvalue weighted by Crippen LogP contribution is 2.26. The molecule has 0 aromatic heterocycles. The van der Waals surface area contributed by atoms with Crippen LogP contribution >= 0.6 is 0 Å². The number of halogens is 2. The predicted octanol–water partition coefficient (Wildman–Crippen LogP) is 6.57. The molecule has 0 aliphatic carbocycles. The summed E-state index contributed by atoms with van der Waals surface area (Å²) in [6.45, 7) is 10.9. The smallest absolute Gasteiger partial charge is 0.270 e. The molecule has 1 nitrogen and oxygen atoms in total. The average Bonchev–Trinajstić information content (AvgIpc) is 2.49. The molecular weight excluding hydrogens is 280 g/mol. The van der Waals surface area contributed by atoms with E-state index >= 15 is 0 Å². The molecule has 3 heteroatoms. The zero-order valence-electron chi connectivity index (χ0n) is 15.1. The summed E-state index contributed by atoms with van der Waals surface area (Å²) in [7, 11) is 1.81. The van der Waals surface area contributed by atoms with Crippen molar-refractivity contribution in [3.8, 4) is 0 Å². The largest absolute Gasteiger partial charge is 0.293 e. The van der Waals surface area contributed by atoms with Gasteiger partial charge in [0.25, 0.3) is 5.92 Å². The maximum Gasteiger partial charge on any atom is 0.270 e. The van der Waals surface area contributed by atoms with Crippen molar-refractivity contribution < 1.29 is 8.78 Å². The van der Waals surface area contributed by atoms with Crippen LogP contribution in [0.2, 0.25) is 0 Å². The molecule has 1 aromatic carbocycles. The molecule has 0 N–H and O–H groups in total. The van der Waals surface area contributed by atoms with Crippen LogP contribution in [0.1, 0.15) is 58.6 Å². The number of hydrogen-bond donors (Lipinski definition) is 0. The van der Waals surface area contributed by atoms with Gasteiger partial charge in [0.2, 0.25) is 0 Å². The zero-order valence-corrected chi connectivity index (χ0v) is 15.1. The number of alkyl halides is 2. The molecule has 0 spiro atoms. The van der Waals surface area contributed by atoms with Gasteiger partial charge in [-0.15, -0.1) is 0 Å². The van der Waals surface area contributed by atoms with Crippen molar-refractivity contribution in [3.63, 3.8) is 0 Å². The van der Waals surface area contributed by atoms with E-state index < -0.39 is 5.92 Å². The summed E-state index contributed by atoms with van der Waals surface area (Å²) in [6.07, 6.45) is 6.59. The third-order valence-electron chi connectivity index (χ3n) is 2.73. The van der Waals surface area contributed by atoms with E-state index in [0.29, 0.717) is 0 Å². The minimum absolute atomic E-state index is 0.0723. The number of nitrogens with zero attached hydrogens (tertiary/aromatic N) is 1. The van der Waals surface area contributed by atoms with E-state index in [4.69, 9.17) is 0 Å². The lowest BCUT2D eigenvalue weighted by Crippen LogP contribution is -2.06. The lowest BCUT2D eigenvalue weighted by atomic mass is 10.1. The van der Waals surface area contributed by atoms with Gasteiger partial charge in [-0.05, 0) is 26.3 Å². The summed E-state index contributed by atoms with van der Waals surface area (Å²) in [5.41, 5.74) is 2.17. The number of rotatable bonds is 4. The van der Waals surface area contributed by atoms with Crippen molar-refractivity contribution in [1.82, 2.24) is 0 Å². The number of allylic oxidation sites excluding steroid dienone is 2. The molecule has 0 saturated carbocycles. The first-order chi connectivity index (χ1) is 10.3. The number of unbranched alkanes of at least 4 members (excludes halogenated alkanes) is 1. The van der Waals surface area contributed by atoms with Gasteiger partial charge in [-0.3, -0.25) is 4.99 Å². The summed E-state index contributed by atoms with van der Waals surface area (Å²) in [4.78, 5) is 3.99. The summed E-state index contributed by atoms with van der Waals surface area (Å²) in [5, 5.41) is 0. The standard InChI is InChI=1S/C9H10F2.C8H15N.C2H6/c1-7-3-5-8(6-4-7)9(2,10)11;1-4-5-6-7-8(2)9-3;1-2/h3-6H,1-2H3;6-7H,4-5H2,1-3H3;1-2H3/b;7-6-,9-8?;. The topological polar surface area (TPSA) is 12.4 Å². The molecule has 1 aromatic rings. The molecule has 126 valence electrons. The molecule has 0 bridgehead atoms. The molecule has 22 heavy (non-hydrogen) atoms. The fourth-order valence-corrected chi connectivity index (χ4v) is 1.34. The van der Waals surface area contributed by atoms with Crippen molar-refractivity contribution in [1.29, 1.82) is 0 Å². The van der Waals surface area contributed by atoms with Crippen molar-refractivity contribution in [3.05, 3.63) is 47.5 Å². The van der Waals surface area contributed by atoms with Gasteiger partial charge >= 0.3 is 0 Å². The van der Waals surface area contributed by atoms with Crippen LogP contribution < -0.4 is 0 Å². The first-order valence-electron chi connectivity index (χ1n) is 7.86. The van der Waals surface area contributed by atoms with E-state index in [-0.39, 0.29) is 5.56 Å². The number of aryl methyl sites for hydroxylation is 1. The van der Waals surface area contributed by atoms with Gasteiger partial charge < -0.3 is 0 Å². The Bertz CT molecular complexity index is 426.